The molecule has 7 nitrogen and oxygen atoms in total. The molecular formula is C30H40N2O5. The monoisotopic (exact) mass is 508 g/mol. The van der Waals surface area contributed by atoms with Crippen molar-refractivity contribution in [1.29, 1.82) is 0 Å². The molecule has 0 radical (unpaired) electrons. The Hall–Kier alpha value is -3.06. The second-order valence-corrected chi connectivity index (χ2v) is 10.8. The van der Waals surface area contributed by atoms with Crippen LogP contribution in [0.5, 0.6) is 17.2 Å². The maximum Gasteiger partial charge on any atom is 0.328 e. The van der Waals surface area contributed by atoms with Crippen molar-refractivity contribution in [3.8, 4) is 17.2 Å². The fourth-order valence-corrected chi connectivity index (χ4v) is 5.67. The lowest BCUT2D eigenvalue weighted by atomic mass is 9.92. The predicted molar refractivity (Wildman–Crippen MR) is 143 cm³/mol. The van der Waals surface area contributed by atoms with Gasteiger partial charge in [-0.1, -0.05) is 44.9 Å². The van der Waals surface area contributed by atoms with Crippen LogP contribution in [-0.4, -0.2) is 52.7 Å². The van der Waals surface area contributed by atoms with Gasteiger partial charge in [-0.25, -0.2) is 4.79 Å². The molecule has 2 aromatic carbocycles. The quantitative estimate of drug-likeness (QED) is 0.317. The molecule has 1 unspecified atom stereocenters. The zero-order valence-electron chi connectivity index (χ0n) is 22.0. The van der Waals surface area contributed by atoms with E-state index in [9.17, 15) is 19.8 Å². The van der Waals surface area contributed by atoms with Crippen LogP contribution in [-0.2, 0) is 4.79 Å². The number of aromatic hydroxyl groups is 2. The first kappa shape index (κ1) is 27.0. The van der Waals surface area contributed by atoms with E-state index in [1.54, 1.807) is 23.1 Å². The molecule has 1 heterocycles. The number of carbonyl (C=O) groups is 2. The highest BCUT2D eigenvalue weighted by atomic mass is 16.5. The summed E-state index contributed by atoms with van der Waals surface area (Å²) in [7, 11) is 0. The molecular weight excluding hydrogens is 468 g/mol. The molecule has 1 saturated carbocycles. The fraction of sp³-hybridized carbons (Fsp3) is 0.533. The maximum absolute atomic E-state index is 13.1. The minimum absolute atomic E-state index is 0.0128. The summed E-state index contributed by atoms with van der Waals surface area (Å²) in [5.41, 5.74) is 0.905. The van der Waals surface area contributed by atoms with Crippen LogP contribution in [0.3, 0.4) is 0 Å². The van der Waals surface area contributed by atoms with Crippen molar-refractivity contribution in [1.82, 2.24) is 10.2 Å². The van der Waals surface area contributed by atoms with E-state index in [2.05, 4.69) is 5.32 Å². The van der Waals surface area contributed by atoms with Gasteiger partial charge in [0.05, 0.1) is 5.56 Å². The zero-order chi connectivity index (χ0) is 26.4. The van der Waals surface area contributed by atoms with Gasteiger partial charge in [0.1, 0.15) is 23.3 Å². The second kappa shape index (κ2) is 12.5. The standard InChI is InChI=1S/C30H40N2O5/c1-20(2)24-18-25(27(34)19-26(24)33)29(35)32-16-13-21(14-17-32)12-15-31-28(22-8-6-7-9-22)30(36)37-23-10-4-3-5-11-23/h3-5,10-11,18-22,28,31,33-34H,6-9,12-17H2,1-2H3. The van der Waals surface area contributed by atoms with Gasteiger partial charge in [0.2, 0.25) is 0 Å². The normalized spacial score (nSPS) is 17.8. The third-order valence-corrected chi connectivity index (χ3v) is 7.90. The minimum atomic E-state index is -0.294. The highest BCUT2D eigenvalue weighted by molar-refractivity contribution is 5.97. The average Bonchev–Trinajstić information content (AvgIpc) is 3.41. The lowest BCUT2D eigenvalue weighted by molar-refractivity contribution is -0.138. The number of carbonyl (C=O) groups excluding carboxylic acids is 2. The number of likely N-dealkylation sites (tertiary alicyclic amines) is 1. The molecule has 2 aliphatic rings. The Morgan fingerprint density at radius 1 is 1.00 bits per heavy atom. The third-order valence-electron chi connectivity index (χ3n) is 7.90. The molecule has 1 amide bonds. The second-order valence-electron chi connectivity index (χ2n) is 10.8. The molecule has 37 heavy (non-hydrogen) atoms. The highest BCUT2D eigenvalue weighted by Crippen LogP contribution is 2.34. The van der Waals surface area contributed by atoms with Gasteiger partial charge in [-0.3, -0.25) is 4.79 Å². The Labute approximate surface area is 219 Å². The number of phenolic OH excluding ortho intramolecular Hbond substituents is 2. The van der Waals surface area contributed by atoms with Crippen LogP contribution in [0.25, 0.3) is 0 Å². The summed E-state index contributed by atoms with van der Waals surface area (Å²) in [5, 5.41) is 23.9. The molecule has 200 valence electrons. The van der Waals surface area contributed by atoms with Crippen molar-refractivity contribution in [2.45, 2.75) is 70.8 Å². The number of esters is 1. The first-order valence-electron chi connectivity index (χ1n) is 13.7. The summed E-state index contributed by atoms with van der Waals surface area (Å²) in [5.74, 6) is 0.833. The Kier molecular flexibility index (Phi) is 9.09. The summed E-state index contributed by atoms with van der Waals surface area (Å²) in [4.78, 5) is 27.9. The van der Waals surface area contributed by atoms with Crippen molar-refractivity contribution in [2.75, 3.05) is 19.6 Å². The first-order chi connectivity index (χ1) is 17.8. The number of hydrogen-bond acceptors (Lipinski definition) is 6. The molecule has 0 spiro atoms. The van der Waals surface area contributed by atoms with Crippen LogP contribution >= 0.6 is 0 Å². The first-order valence-corrected chi connectivity index (χ1v) is 13.7. The van der Waals surface area contributed by atoms with Crippen LogP contribution in [0.1, 0.15) is 80.6 Å². The van der Waals surface area contributed by atoms with Crippen molar-refractivity contribution >= 4 is 11.9 Å². The fourth-order valence-electron chi connectivity index (χ4n) is 5.67. The van der Waals surface area contributed by atoms with Gasteiger partial charge in [-0.2, -0.15) is 0 Å². The Bertz CT molecular complexity index is 1060. The molecule has 7 heteroatoms. The van der Waals surface area contributed by atoms with E-state index < -0.39 is 0 Å². The summed E-state index contributed by atoms with van der Waals surface area (Å²) in [6.07, 6.45) is 7.10. The number of benzene rings is 2. The van der Waals surface area contributed by atoms with Gasteiger partial charge in [0.25, 0.3) is 5.91 Å². The number of phenols is 2. The van der Waals surface area contributed by atoms with E-state index in [1.807, 2.05) is 32.0 Å². The molecule has 0 bridgehead atoms. The van der Waals surface area contributed by atoms with Crippen molar-refractivity contribution in [3.63, 3.8) is 0 Å². The number of hydrogen-bond donors (Lipinski definition) is 3. The number of nitrogens with one attached hydrogen (secondary N) is 1. The molecule has 1 atom stereocenters. The Morgan fingerprint density at radius 3 is 2.32 bits per heavy atom. The summed E-state index contributed by atoms with van der Waals surface area (Å²) in [6, 6.07) is 11.8. The van der Waals surface area contributed by atoms with Crippen molar-refractivity contribution < 1.29 is 24.5 Å². The van der Waals surface area contributed by atoms with Gasteiger partial charge in [-0.05, 0) is 80.2 Å². The van der Waals surface area contributed by atoms with Crippen LogP contribution < -0.4 is 10.1 Å². The smallest absolute Gasteiger partial charge is 0.328 e. The summed E-state index contributed by atoms with van der Waals surface area (Å²) >= 11 is 0. The number of para-hydroxylation sites is 1. The third kappa shape index (κ3) is 6.83. The zero-order valence-corrected chi connectivity index (χ0v) is 22.0. The van der Waals surface area contributed by atoms with Gasteiger partial charge in [0.15, 0.2) is 0 Å². The molecule has 1 saturated heterocycles. The predicted octanol–water partition coefficient (Wildman–Crippen LogP) is 5.22. The van der Waals surface area contributed by atoms with Gasteiger partial charge >= 0.3 is 5.97 Å². The van der Waals surface area contributed by atoms with Crippen LogP contribution in [0.4, 0.5) is 0 Å². The van der Waals surface area contributed by atoms with E-state index in [0.717, 1.165) is 51.5 Å². The van der Waals surface area contributed by atoms with Crippen molar-refractivity contribution in [2.24, 2.45) is 11.8 Å². The summed E-state index contributed by atoms with van der Waals surface area (Å²) < 4.78 is 5.67. The molecule has 3 N–H and O–H groups in total. The van der Waals surface area contributed by atoms with Crippen LogP contribution in [0.15, 0.2) is 42.5 Å². The topological polar surface area (TPSA) is 99.1 Å². The summed E-state index contributed by atoms with van der Waals surface area (Å²) in [6.45, 7) is 5.88. The Balaban J connectivity index is 1.28. The van der Waals surface area contributed by atoms with E-state index in [1.165, 1.54) is 6.07 Å². The van der Waals surface area contributed by atoms with E-state index >= 15 is 0 Å². The lowest BCUT2D eigenvalue weighted by Crippen LogP contribution is -2.45. The van der Waals surface area contributed by atoms with Crippen LogP contribution in [0.2, 0.25) is 0 Å². The highest BCUT2D eigenvalue weighted by Gasteiger charge is 2.32. The van der Waals surface area contributed by atoms with Crippen LogP contribution in [0, 0.1) is 11.8 Å². The number of rotatable bonds is 9. The number of amides is 1. The minimum Gasteiger partial charge on any atom is -0.508 e. The maximum atomic E-state index is 13.1. The van der Waals surface area contributed by atoms with Gasteiger partial charge in [0, 0.05) is 19.2 Å². The molecule has 4 rings (SSSR count). The van der Waals surface area contributed by atoms with Crippen molar-refractivity contribution in [3.05, 3.63) is 53.6 Å². The van der Waals surface area contributed by atoms with E-state index in [0.29, 0.717) is 36.2 Å². The van der Waals surface area contributed by atoms with E-state index in [-0.39, 0.29) is 40.9 Å². The average molecular weight is 509 g/mol. The lowest BCUT2D eigenvalue weighted by Gasteiger charge is -2.33. The number of piperidine rings is 1. The molecule has 1 aliphatic carbocycles. The molecule has 0 aromatic heterocycles. The number of ether oxygens (including phenoxy) is 1. The van der Waals surface area contributed by atoms with Gasteiger partial charge < -0.3 is 25.2 Å². The number of nitrogens with zero attached hydrogens (tertiary/aromatic N) is 1. The molecule has 2 fully saturated rings. The largest absolute Gasteiger partial charge is 0.508 e. The molecule has 1 aliphatic heterocycles. The van der Waals surface area contributed by atoms with Gasteiger partial charge in [-0.15, -0.1) is 0 Å². The van der Waals surface area contributed by atoms with E-state index in [4.69, 9.17) is 4.74 Å². The SMILES string of the molecule is CC(C)c1cc(C(=O)N2CCC(CCNC(C(=O)Oc3ccccc3)C3CCCC3)CC2)c(O)cc1O. The molecule has 2 aromatic rings. The Morgan fingerprint density at radius 2 is 1.68 bits per heavy atom.